The maximum atomic E-state index is 13.6. The topological polar surface area (TPSA) is 54.2 Å². The summed E-state index contributed by atoms with van der Waals surface area (Å²) in [5.41, 5.74) is 0.249. The SMILES string of the molecule is CN=C(NCc1cc(F)ccc1F)NCc1nccn1CC(C)C. The fourth-order valence-corrected chi connectivity index (χ4v) is 2.31. The first-order valence-electron chi connectivity index (χ1n) is 7.88. The first kappa shape index (κ1) is 17.9. The minimum atomic E-state index is -0.466. The van der Waals surface area contributed by atoms with Crippen molar-refractivity contribution in [1.82, 2.24) is 20.2 Å². The second-order valence-corrected chi connectivity index (χ2v) is 5.90. The van der Waals surface area contributed by atoms with E-state index < -0.39 is 11.6 Å². The average Bonchev–Trinajstić information content (AvgIpc) is 2.97. The molecular weight excluding hydrogens is 312 g/mol. The third kappa shape index (κ3) is 5.04. The number of aliphatic imine (C=N–C) groups is 1. The quantitative estimate of drug-likeness (QED) is 0.630. The molecule has 0 saturated carbocycles. The molecule has 2 aromatic rings. The van der Waals surface area contributed by atoms with Crippen LogP contribution < -0.4 is 10.6 Å². The van der Waals surface area contributed by atoms with Crippen LogP contribution >= 0.6 is 0 Å². The number of hydrogen-bond acceptors (Lipinski definition) is 2. The van der Waals surface area contributed by atoms with Crippen molar-refractivity contribution in [3.63, 3.8) is 0 Å². The van der Waals surface area contributed by atoms with Gasteiger partial charge >= 0.3 is 0 Å². The van der Waals surface area contributed by atoms with E-state index in [-0.39, 0.29) is 12.1 Å². The van der Waals surface area contributed by atoms with E-state index in [9.17, 15) is 8.78 Å². The highest BCUT2D eigenvalue weighted by molar-refractivity contribution is 5.79. The average molecular weight is 335 g/mol. The fourth-order valence-electron chi connectivity index (χ4n) is 2.31. The predicted molar refractivity (Wildman–Crippen MR) is 90.5 cm³/mol. The predicted octanol–water partition coefficient (Wildman–Crippen LogP) is 2.68. The molecule has 0 radical (unpaired) electrons. The zero-order valence-electron chi connectivity index (χ0n) is 14.2. The van der Waals surface area contributed by atoms with Crippen molar-refractivity contribution in [1.29, 1.82) is 0 Å². The Balaban J connectivity index is 1.91. The highest BCUT2D eigenvalue weighted by Crippen LogP contribution is 2.09. The lowest BCUT2D eigenvalue weighted by molar-refractivity contribution is 0.503. The third-order valence-electron chi connectivity index (χ3n) is 3.46. The Labute approximate surface area is 140 Å². The van der Waals surface area contributed by atoms with E-state index >= 15 is 0 Å². The Hall–Kier alpha value is -2.44. The number of benzene rings is 1. The van der Waals surface area contributed by atoms with Gasteiger partial charge < -0.3 is 15.2 Å². The van der Waals surface area contributed by atoms with Crippen molar-refractivity contribution in [3.8, 4) is 0 Å². The largest absolute Gasteiger partial charge is 0.352 e. The lowest BCUT2D eigenvalue weighted by atomic mass is 10.2. The summed E-state index contributed by atoms with van der Waals surface area (Å²) in [6.07, 6.45) is 3.70. The molecule has 5 nitrogen and oxygen atoms in total. The smallest absolute Gasteiger partial charge is 0.191 e. The Morgan fingerprint density at radius 2 is 2.00 bits per heavy atom. The number of guanidine groups is 1. The van der Waals surface area contributed by atoms with Gasteiger partial charge in [-0.25, -0.2) is 13.8 Å². The summed E-state index contributed by atoms with van der Waals surface area (Å²) < 4.78 is 28.9. The molecule has 130 valence electrons. The summed E-state index contributed by atoms with van der Waals surface area (Å²) in [5, 5.41) is 6.10. The number of aromatic nitrogens is 2. The summed E-state index contributed by atoms with van der Waals surface area (Å²) in [5.74, 6) is 0.992. The first-order valence-corrected chi connectivity index (χ1v) is 7.88. The molecule has 0 saturated heterocycles. The summed E-state index contributed by atoms with van der Waals surface area (Å²) in [6.45, 7) is 5.81. The molecule has 1 aromatic heterocycles. The number of hydrogen-bond donors (Lipinski definition) is 2. The highest BCUT2D eigenvalue weighted by Gasteiger charge is 2.08. The van der Waals surface area contributed by atoms with Crippen LogP contribution in [0.1, 0.15) is 25.2 Å². The van der Waals surface area contributed by atoms with Crippen molar-refractivity contribution in [2.45, 2.75) is 33.5 Å². The van der Waals surface area contributed by atoms with Crippen molar-refractivity contribution in [2.24, 2.45) is 10.9 Å². The highest BCUT2D eigenvalue weighted by atomic mass is 19.1. The molecular formula is C17H23F2N5. The molecule has 2 rings (SSSR count). The molecule has 0 atom stereocenters. The van der Waals surface area contributed by atoms with E-state index in [1.807, 2.05) is 6.20 Å². The second kappa shape index (κ2) is 8.42. The maximum absolute atomic E-state index is 13.6. The summed E-state index contributed by atoms with van der Waals surface area (Å²) in [6, 6.07) is 3.39. The fraction of sp³-hybridized carbons (Fsp3) is 0.412. The zero-order chi connectivity index (χ0) is 17.5. The van der Waals surface area contributed by atoms with Crippen molar-refractivity contribution in [3.05, 3.63) is 53.6 Å². The third-order valence-corrected chi connectivity index (χ3v) is 3.46. The van der Waals surface area contributed by atoms with Crippen molar-refractivity contribution >= 4 is 5.96 Å². The number of imidazole rings is 1. The lowest BCUT2D eigenvalue weighted by Crippen LogP contribution is -2.37. The standard InChI is InChI=1S/C17H23F2N5/c1-12(2)11-24-7-6-21-16(24)10-23-17(20-3)22-9-13-8-14(18)4-5-15(13)19/h4-8,12H,9-11H2,1-3H3,(H2,20,22,23). The molecule has 0 amide bonds. The summed E-state index contributed by atoms with van der Waals surface area (Å²) in [7, 11) is 1.62. The van der Waals surface area contributed by atoms with Crippen molar-refractivity contribution in [2.75, 3.05) is 7.05 Å². The van der Waals surface area contributed by atoms with Gasteiger partial charge in [0.2, 0.25) is 0 Å². The molecule has 7 heteroatoms. The van der Waals surface area contributed by atoms with Crippen LogP contribution in [-0.4, -0.2) is 22.6 Å². The van der Waals surface area contributed by atoms with Gasteiger partial charge in [-0.15, -0.1) is 0 Å². The molecule has 0 unspecified atom stereocenters. The van der Waals surface area contributed by atoms with Crippen LogP contribution in [0.5, 0.6) is 0 Å². The van der Waals surface area contributed by atoms with Crippen LogP contribution in [0.25, 0.3) is 0 Å². The van der Waals surface area contributed by atoms with Crippen LogP contribution in [0, 0.1) is 17.6 Å². The van der Waals surface area contributed by atoms with Gasteiger partial charge in [0.05, 0.1) is 6.54 Å². The molecule has 1 aromatic carbocycles. The minimum Gasteiger partial charge on any atom is -0.352 e. The molecule has 0 aliphatic carbocycles. The lowest BCUT2D eigenvalue weighted by Gasteiger charge is -2.14. The molecule has 2 N–H and O–H groups in total. The van der Waals surface area contributed by atoms with Gasteiger partial charge in [-0.2, -0.15) is 0 Å². The van der Waals surface area contributed by atoms with Crippen LogP contribution in [0.15, 0.2) is 35.6 Å². The number of nitrogens with zero attached hydrogens (tertiary/aromatic N) is 3. The monoisotopic (exact) mass is 335 g/mol. The van der Waals surface area contributed by atoms with Gasteiger partial charge in [0.15, 0.2) is 5.96 Å². The number of halogens is 2. The van der Waals surface area contributed by atoms with E-state index in [4.69, 9.17) is 0 Å². The maximum Gasteiger partial charge on any atom is 0.191 e. The van der Waals surface area contributed by atoms with Crippen LogP contribution in [-0.2, 0) is 19.6 Å². The zero-order valence-corrected chi connectivity index (χ0v) is 14.2. The van der Waals surface area contributed by atoms with Crippen LogP contribution in [0.3, 0.4) is 0 Å². The molecule has 1 heterocycles. The van der Waals surface area contributed by atoms with Gasteiger partial charge in [0, 0.05) is 38.1 Å². The molecule has 0 aliphatic heterocycles. The van der Waals surface area contributed by atoms with Crippen LogP contribution in [0.2, 0.25) is 0 Å². The van der Waals surface area contributed by atoms with Crippen molar-refractivity contribution < 1.29 is 8.78 Å². The Bertz CT molecular complexity index is 694. The van der Waals surface area contributed by atoms with Gasteiger partial charge in [-0.3, -0.25) is 4.99 Å². The first-order chi connectivity index (χ1) is 11.5. The van der Waals surface area contributed by atoms with Gasteiger partial charge in [-0.05, 0) is 24.1 Å². The molecule has 0 bridgehead atoms. The Kier molecular flexibility index (Phi) is 6.28. The molecule has 0 spiro atoms. The Morgan fingerprint density at radius 1 is 1.25 bits per heavy atom. The van der Waals surface area contributed by atoms with E-state index in [2.05, 4.69) is 39.0 Å². The summed E-state index contributed by atoms with van der Waals surface area (Å²) in [4.78, 5) is 8.41. The molecule has 24 heavy (non-hydrogen) atoms. The van der Waals surface area contributed by atoms with Crippen LogP contribution in [0.4, 0.5) is 8.78 Å². The minimum absolute atomic E-state index is 0.143. The van der Waals surface area contributed by atoms with Gasteiger partial charge in [0.1, 0.15) is 17.5 Å². The van der Waals surface area contributed by atoms with E-state index in [1.54, 1.807) is 13.2 Å². The molecule has 0 aliphatic rings. The van der Waals surface area contributed by atoms with Gasteiger partial charge in [0.25, 0.3) is 0 Å². The van der Waals surface area contributed by atoms with E-state index in [0.29, 0.717) is 18.4 Å². The van der Waals surface area contributed by atoms with Gasteiger partial charge in [-0.1, -0.05) is 13.8 Å². The van der Waals surface area contributed by atoms with E-state index in [1.165, 1.54) is 6.07 Å². The van der Waals surface area contributed by atoms with E-state index in [0.717, 1.165) is 24.5 Å². The normalized spacial score (nSPS) is 11.8. The second-order valence-electron chi connectivity index (χ2n) is 5.90. The number of nitrogens with one attached hydrogen (secondary N) is 2. The molecule has 0 fully saturated rings. The summed E-state index contributed by atoms with van der Waals surface area (Å²) >= 11 is 0. The Morgan fingerprint density at radius 3 is 2.71 bits per heavy atom. The number of rotatable bonds is 6.